The van der Waals surface area contributed by atoms with Gasteiger partial charge in [0.25, 0.3) is 5.22 Å². The van der Waals surface area contributed by atoms with Crippen LogP contribution in [-0.4, -0.2) is 26.8 Å². The monoisotopic (exact) mass is 478 g/mol. The summed E-state index contributed by atoms with van der Waals surface area (Å²) in [6.07, 6.45) is 0. The number of nitrogens with one attached hydrogen (secondary N) is 1. The van der Waals surface area contributed by atoms with Crippen LogP contribution in [0.5, 0.6) is 0 Å². The first kappa shape index (κ1) is 20.7. The summed E-state index contributed by atoms with van der Waals surface area (Å²) in [6.45, 7) is 0. The highest BCUT2D eigenvalue weighted by Crippen LogP contribution is 2.34. The van der Waals surface area contributed by atoms with Crippen molar-refractivity contribution in [1.29, 1.82) is 0 Å². The third-order valence-corrected chi connectivity index (χ3v) is 6.69. The van der Waals surface area contributed by atoms with Crippen molar-refractivity contribution in [2.45, 2.75) is 5.22 Å². The van der Waals surface area contributed by atoms with Gasteiger partial charge in [0.15, 0.2) is 0 Å². The van der Waals surface area contributed by atoms with E-state index in [2.05, 4.69) is 15.5 Å². The van der Waals surface area contributed by atoms with Crippen LogP contribution in [0.2, 0.25) is 5.02 Å². The second-order valence-corrected chi connectivity index (χ2v) is 9.14. The van der Waals surface area contributed by atoms with E-state index in [1.54, 1.807) is 35.6 Å². The lowest BCUT2D eigenvalue weighted by atomic mass is 10.2. The quantitative estimate of drug-likeness (QED) is 0.284. The normalized spacial score (nSPS) is 11.0. The van der Waals surface area contributed by atoms with E-state index in [-0.39, 0.29) is 11.7 Å². The van der Waals surface area contributed by atoms with Gasteiger partial charge in [-0.2, -0.15) is 0 Å². The summed E-state index contributed by atoms with van der Waals surface area (Å²) in [5, 5.41) is 12.8. The Balaban J connectivity index is 1.27. The Morgan fingerprint density at radius 2 is 1.78 bits per heavy atom. The first-order chi connectivity index (χ1) is 15.7. The van der Waals surface area contributed by atoms with Crippen LogP contribution in [0.15, 0.2) is 82.4 Å². The summed E-state index contributed by atoms with van der Waals surface area (Å²) in [5.74, 6) is 0.344. The summed E-state index contributed by atoms with van der Waals surface area (Å²) in [6, 6.07) is 22.7. The van der Waals surface area contributed by atoms with Crippen LogP contribution in [-0.2, 0) is 4.79 Å². The van der Waals surface area contributed by atoms with Crippen molar-refractivity contribution in [3.63, 3.8) is 0 Å². The maximum atomic E-state index is 12.6. The Hall–Kier alpha value is -3.20. The molecule has 5 rings (SSSR count). The fourth-order valence-electron chi connectivity index (χ4n) is 3.06. The van der Waals surface area contributed by atoms with Gasteiger partial charge in [-0.05, 0) is 48.5 Å². The summed E-state index contributed by atoms with van der Waals surface area (Å²) >= 11 is 8.68. The maximum Gasteiger partial charge on any atom is 0.277 e. The van der Waals surface area contributed by atoms with Crippen LogP contribution in [0.25, 0.3) is 32.2 Å². The molecule has 0 aliphatic heterocycles. The molecule has 0 radical (unpaired) electrons. The molecule has 0 saturated carbocycles. The van der Waals surface area contributed by atoms with Crippen LogP contribution in [0.1, 0.15) is 0 Å². The fourth-order valence-corrected chi connectivity index (χ4v) is 4.75. The number of hydrogen-bond donors (Lipinski definition) is 1. The molecular formula is C23H15ClN4O2S2. The van der Waals surface area contributed by atoms with Gasteiger partial charge in [-0.15, -0.1) is 21.5 Å². The number of fused-ring (bicyclic) bond motifs is 1. The lowest BCUT2D eigenvalue weighted by Gasteiger charge is -2.08. The molecule has 1 N–H and O–H groups in total. The molecule has 3 aromatic carbocycles. The second kappa shape index (κ2) is 9.12. The Kier molecular flexibility index (Phi) is 5.89. The van der Waals surface area contributed by atoms with E-state index in [0.29, 0.717) is 21.8 Å². The average molecular weight is 479 g/mol. The van der Waals surface area contributed by atoms with E-state index in [1.165, 1.54) is 11.8 Å². The highest BCUT2D eigenvalue weighted by Gasteiger charge is 2.14. The van der Waals surface area contributed by atoms with Crippen LogP contribution >= 0.6 is 34.7 Å². The topological polar surface area (TPSA) is 80.9 Å². The van der Waals surface area contributed by atoms with Gasteiger partial charge >= 0.3 is 0 Å². The smallest absolute Gasteiger partial charge is 0.277 e. The van der Waals surface area contributed by atoms with Crippen molar-refractivity contribution in [3.05, 3.63) is 77.8 Å². The van der Waals surface area contributed by atoms with Crippen molar-refractivity contribution in [1.82, 2.24) is 15.2 Å². The van der Waals surface area contributed by atoms with Crippen LogP contribution in [0, 0.1) is 0 Å². The van der Waals surface area contributed by atoms with E-state index in [9.17, 15) is 4.79 Å². The first-order valence-corrected chi connectivity index (χ1v) is 11.8. The summed E-state index contributed by atoms with van der Waals surface area (Å²) in [7, 11) is 0. The number of aromatic nitrogens is 3. The molecule has 0 fully saturated rings. The fraction of sp³-hybridized carbons (Fsp3) is 0.0435. The minimum absolute atomic E-state index is 0.135. The van der Waals surface area contributed by atoms with Crippen LogP contribution in [0.4, 0.5) is 5.69 Å². The van der Waals surface area contributed by atoms with Crippen LogP contribution < -0.4 is 5.32 Å². The Labute approximate surface area is 196 Å². The Morgan fingerprint density at radius 3 is 2.62 bits per heavy atom. The van der Waals surface area contributed by atoms with E-state index in [4.69, 9.17) is 21.0 Å². The third-order valence-electron chi connectivity index (χ3n) is 4.55. The van der Waals surface area contributed by atoms with Crippen molar-refractivity contribution in [2.75, 3.05) is 11.1 Å². The van der Waals surface area contributed by atoms with Gasteiger partial charge in [0, 0.05) is 16.1 Å². The Morgan fingerprint density at radius 1 is 1.00 bits per heavy atom. The molecule has 0 aliphatic rings. The molecule has 2 heterocycles. The number of thioether (sulfide) groups is 1. The minimum atomic E-state index is -0.171. The number of benzene rings is 3. The predicted octanol–water partition coefficient (Wildman–Crippen LogP) is 6.40. The van der Waals surface area contributed by atoms with Gasteiger partial charge in [0.05, 0.1) is 21.7 Å². The predicted molar refractivity (Wildman–Crippen MR) is 129 cm³/mol. The van der Waals surface area contributed by atoms with E-state index in [1.807, 2.05) is 48.5 Å². The van der Waals surface area contributed by atoms with Gasteiger partial charge in [-0.25, -0.2) is 4.98 Å². The highest BCUT2D eigenvalue weighted by molar-refractivity contribution is 7.99. The summed E-state index contributed by atoms with van der Waals surface area (Å²) in [5.41, 5.74) is 3.31. The van der Waals surface area contributed by atoms with Gasteiger partial charge in [0.2, 0.25) is 11.8 Å². The number of hydrogen-bond acceptors (Lipinski definition) is 7. The standard InChI is InChI=1S/C23H15ClN4O2S2/c24-15-11-9-14(10-12-15)21-27-28-23(30-21)31-13-20(29)25-17-6-2-1-5-16(17)22-26-18-7-3-4-8-19(18)32-22/h1-12H,13H2,(H,25,29). The number of para-hydroxylation sites is 2. The van der Waals surface area contributed by atoms with Crippen molar-refractivity contribution >= 4 is 56.5 Å². The zero-order chi connectivity index (χ0) is 21.9. The molecule has 5 aromatic rings. The molecule has 32 heavy (non-hydrogen) atoms. The maximum absolute atomic E-state index is 12.6. The van der Waals surface area contributed by atoms with E-state index < -0.39 is 0 Å². The molecule has 158 valence electrons. The number of amides is 1. The highest BCUT2D eigenvalue weighted by atomic mass is 35.5. The largest absolute Gasteiger partial charge is 0.411 e. The van der Waals surface area contributed by atoms with Crippen molar-refractivity contribution < 1.29 is 9.21 Å². The summed E-state index contributed by atoms with van der Waals surface area (Å²) in [4.78, 5) is 17.3. The lowest BCUT2D eigenvalue weighted by Crippen LogP contribution is -2.14. The minimum Gasteiger partial charge on any atom is -0.411 e. The molecular weight excluding hydrogens is 464 g/mol. The molecule has 0 saturated heterocycles. The summed E-state index contributed by atoms with van der Waals surface area (Å²) < 4.78 is 6.75. The lowest BCUT2D eigenvalue weighted by molar-refractivity contribution is -0.113. The molecule has 0 unspecified atom stereocenters. The number of thiazole rings is 1. The zero-order valence-electron chi connectivity index (χ0n) is 16.5. The number of nitrogens with zero attached hydrogens (tertiary/aromatic N) is 3. The van der Waals surface area contributed by atoms with Crippen LogP contribution in [0.3, 0.4) is 0 Å². The molecule has 6 nitrogen and oxygen atoms in total. The van der Waals surface area contributed by atoms with Crippen molar-refractivity contribution in [2.24, 2.45) is 0 Å². The first-order valence-electron chi connectivity index (χ1n) is 9.63. The number of anilines is 1. The molecule has 2 aromatic heterocycles. The Bertz CT molecular complexity index is 1370. The molecule has 1 amide bonds. The van der Waals surface area contributed by atoms with Crippen molar-refractivity contribution in [3.8, 4) is 22.0 Å². The van der Waals surface area contributed by atoms with Gasteiger partial charge < -0.3 is 9.73 Å². The number of halogens is 1. The number of carbonyl (C=O) groups excluding carboxylic acids is 1. The molecule has 0 bridgehead atoms. The number of carbonyl (C=O) groups is 1. The van der Waals surface area contributed by atoms with Gasteiger partial charge in [-0.3, -0.25) is 4.79 Å². The molecule has 0 atom stereocenters. The zero-order valence-corrected chi connectivity index (χ0v) is 18.9. The van der Waals surface area contributed by atoms with E-state index >= 15 is 0 Å². The molecule has 0 spiro atoms. The molecule has 9 heteroatoms. The van der Waals surface area contributed by atoms with Gasteiger partial charge in [0.1, 0.15) is 5.01 Å². The third kappa shape index (κ3) is 4.52. The molecule has 0 aliphatic carbocycles. The van der Waals surface area contributed by atoms with E-state index in [0.717, 1.165) is 26.4 Å². The second-order valence-electron chi connectivity index (χ2n) is 6.75. The number of rotatable bonds is 6. The average Bonchev–Trinajstić information content (AvgIpc) is 3.46. The van der Waals surface area contributed by atoms with Gasteiger partial charge in [-0.1, -0.05) is 47.6 Å². The SMILES string of the molecule is O=C(CSc1nnc(-c2ccc(Cl)cc2)o1)Nc1ccccc1-c1nc2ccccc2s1.